The largest absolute Gasteiger partial charge is 0.507 e. The highest BCUT2D eigenvalue weighted by Gasteiger charge is 2.21. The van der Waals surface area contributed by atoms with Gasteiger partial charge < -0.3 is 24.5 Å². The number of hydrogen-bond donors (Lipinski definition) is 3. The average Bonchev–Trinajstić information content (AvgIpc) is 3.13. The first-order chi connectivity index (χ1) is 11.1. The Hall–Kier alpha value is -2.89. The number of aryl methyl sites for hydroxylation is 1. The molecule has 23 heavy (non-hydrogen) atoms. The van der Waals surface area contributed by atoms with E-state index >= 15 is 0 Å². The number of rotatable bonds is 5. The Morgan fingerprint density at radius 3 is 2.57 bits per heavy atom. The van der Waals surface area contributed by atoms with Crippen LogP contribution in [0.5, 0.6) is 17.4 Å². The molecule has 0 fully saturated rings. The van der Waals surface area contributed by atoms with E-state index < -0.39 is 0 Å². The van der Waals surface area contributed by atoms with Crippen LogP contribution in [-0.4, -0.2) is 29.4 Å². The van der Waals surface area contributed by atoms with Gasteiger partial charge in [-0.05, 0) is 25.5 Å². The summed E-state index contributed by atoms with van der Waals surface area (Å²) in [7, 11) is 0. The van der Waals surface area contributed by atoms with Crippen LogP contribution in [-0.2, 0) is 13.1 Å². The zero-order chi connectivity index (χ0) is 16.4. The second kappa shape index (κ2) is 6.08. The molecule has 0 atom stereocenters. The number of para-hydroxylation sites is 1. The average molecular weight is 313 g/mol. The highest BCUT2D eigenvalue weighted by atomic mass is 16.3. The minimum Gasteiger partial charge on any atom is -0.507 e. The van der Waals surface area contributed by atoms with Crippen molar-refractivity contribution in [2.24, 2.45) is 0 Å². The second-order valence-corrected chi connectivity index (χ2v) is 5.47. The molecule has 0 unspecified atom stereocenters. The molecular formula is C17H19N3O3. The minimum atomic E-state index is -0.175. The smallest absolute Gasteiger partial charge is 0.235 e. The topological polar surface area (TPSA) is 83.4 Å². The van der Waals surface area contributed by atoms with Crippen LogP contribution < -0.4 is 0 Å². The lowest BCUT2D eigenvalue weighted by atomic mass is 10.1. The number of phenolic OH excluding ortho intramolecular Hbond substituents is 1. The van der Waals surface area contributed by atoms with Crippen LogP contribution in [0, 0.1) is 6.92 Å². The highest BCUT2D eigenvalue weighted by molar-refractivity contribution is 5.74. The maximum Gasteiger partial charge on any atom is 0.235 e. The molecule has 0 aliphatic heterocycles. The number of aromatic nitrogens is 3. The number of benzene rings is 1. The molecule has 120 valence electrons. The fourth-order valence-corrected chi connectivity index (χ4v) is 2.79. The minimum absolute atomic E-state index is 0.115. The van der Waals surface area contributed by atoms with Crippen molar-refractivity contribution >= 4 is 0 Å². The third kappa shape index (κ3) is 2.75. The summed E-state index contributed by atoms with van der Waals surface area (Å²) in [6.45, 7) is 2.98. The molecule has 0 bridgehead atoms. The van der Waals surface area contributed by atoms with Crippen molar-refractivity contribution in [3.05, 3.63) is 48.5 Å². The lowest BCUT2D eigenvalue weighted by Crippen LogP contribution is -2.04. The summed E-state index contributed by atoms with van der Waals surface area (Å²) in [4.78, 5) is 3.99. The summed E-state index contributed by atoms with van der Waals surface area (Å²) in [5, 5.41) is 30.4. The molecule has 0 spiro atoms. The van der Waals surface area contributed by atoms with Crippen LogP contribution in [0.4, 0.5) is 0 Å². The Labute approximate surface area is 133 Å². The Kier molecular flexibility index (Phi) is 3.97. The van der Waals surface area contributed by atoms with Crippen molar-refractivity contribution in [2.45, 2.75) is 26.4 Å². The van der Waals surface area contributed by atoms with Gasteiger partial charge in [0.2, 0.25) is 5.88 Å². The number of hydrogen-bond acceptors (Lipinski definition) is 4. The Bertz CT molecular complexity index is 807. The van der Waals surface area contributed by atoms with E-state index in [1.54, 1.807) is 42.2 Å². The summed E-state index contributed by atoms with van der Waals surface area (Å²) in [5.41, 5.74) is 1.76. The number of aromatic hydroxyl groups is 3. The van der Waals surface area contributed by atoms with Gasteiger partial charge in [-0.25, -0.2) is 4.98 Å². The quantitative estimate of drug-likeness (QED) is 0.676. The molecule has 1 aromatic carbocycles. The summed E-state index contributed by atoms with van der Waals surface area (Å²) in [6, 6.07) is 6.90. The van der Waals surface area contributed by atoms with E-state index in [1.165, 1.54) is 0 Å². The van der Waals surface area contributed by atoms with E-state index in [9.17, 15) is 15.3 Å². The van der Waals surface area contributed by atoms with Gasteiger partial charge in [-0.15, -0.1) is 0 Å². The number of imidazole rings is 1. The van der Waals surface area contributed by atoms with Crippen LogP contribution >= 0.6 is 0 Å². The third-order valence-corrected chi connectivity index (χ3v) is 3.96. The molecule has 0 saturated carbocycles. The maximum atomic E-state index is 10.2. The van der Waals surface area contributed by atoms with E-state index in [4.69, 9.17) is 0 Å². The van der Waals surface area contributed by atoms with Crippen LogP contribution in [0.15, 0.2) is 43.0 Å². The van der Waals surface area contributed by atoms with E-state index in [0.29, 0.717) is 23.4 Å². The predicted molar refractivity (Wildman–Crippen MR) is 86.4 cm³/mol. The molecule has 0 radical (unpaired) electrons. The summed E-state index contributed by atoms with van der Waals surface area (Å²) in [5.74, 6) is -0.207. The van der Waals surface area contributed by atoms with Crippen molar-refractivity contribution in [1.82, 2.24) is 14.1 Å². The zero-order valence-electron chi connectivity index (χ0n) is 12.8. The van der Waals surface area contributed by atoms with E-state index in [2.05, 4.69) is 4.98 Å². The van der Waals surface area contributed by atoms with Crippen molar-refractivity contribution in [1.29, 1.82) is 0 Å². The lowest BCUT2D eigenvalue weighted by Gasteiger charge is -2.12. The molecule has 0 saturated heterocycles. The molecule has 3 N–H and O–H groups in total. The van der Waals surface area contributed by atoms with Crippen molar-refractivity contribution in [3.8, 4) is 28.6 Å². The zero-order valence-corrected chi connectivity index (χ0v) is 12.8. The maximum absolute atomic E-state index is 10.2. The van der Waals surface area contributed by atoms with Crippen molar-refractivity contribution < 1.29 is 15.3 Å². The summed E-state index contributed by atoms with van der Waals surface area (Å²) in [6.07, 6.45) is 6.08. The molecule has 2 aromatic heterocycles. The lowest BCUT2D eigenvalue weighted by molar-refractivity contribution is 0.367. The molecule has 3 aromatic rings. The molecule has 0 aliphatic carbocycles. The standard InChI is InChI=1S/C17H19N3O3/c1-12-15(13-5-2-3-6-14(13)21)20(17(23)16(12)22)9-4-8-19-10-7-18-11-19/h2-3,5-7,10-11,21-23H,4,8-9H2,1H3. The summed E-state index contributed by atoms with van der Waals surface area (Å²) >= 11 is 0. The Morgan fingerprint density at radius 1 is 1.09 bits per heavy atom. The first-order valence-electron chi connectivity index (χ1n) is 7.44. The van der Waals surface area contributed by atoms with Gasteiger partial charge in [-0.3, -0.25) is 0 Å². The van der Waals surface area contributed by atoms with Gasteiger partial charge in [0.05, 0.1) is 12.0 Å². The second-order valence-electron chi connectivity index (χ2n) is 5.47. The van der Waals surface area contributed by atoms with E-state index in [1.807, 2.05) is 16.8 Å². The van der Waals surface area contributed by atoms with Gasteiger partial charge in [-0.2, -0.15) is 0 Å². The van der Waals surface area contributed by atoms with Crippen LogP contribution in [0.2, 0.25) is 0 Å². The van der Waals surface area contributed by atoms with E-state index in [-0.39, 0.29) is 17.4 Å². The van der Waals surface area contributed by atoms with Crippen molar-refractivity contribution in [3.63, 3.8) is 0 Å². The molecule has 0 amide bonds. The first kappa shape index (κ1) is 15.0. The molecular weight excluding hydrogens is 294 g/mol. The molecule has 2 heterocycles. The van der Waals surface area contributed by atoms with Gasteiger partial charge in [0.25, 0.3) is 0 Å². The molecule has 0 aliphatic rings. The molecule has 6 heteroatoms. The van der Waals surface area contributed by atoms with Crippen molar-refractivity contribution in [2.75, 3.05) is 0 Å². The fraction of sp³-hybridized carbons (Fsp3) is 0.235. The molecule has 6 nitrogen and oxygen atoms in total. The van der Waals surface area contributed by atoms with Crippen LogP contribution in [0.1, 0.15) is 12.0 Å². The van der Waals surface area contributed by atoms with Gasteiger partial charge >= 0.3 is 0 Å². The van der Waals surface area contributed by atoms with Gasteiger partial charge in [0.15, 0.2) is 5.75 Å². The van der Waals surface area contributed by atoms with Crippen LogP contribution in [0.25, 0.3) is 11.3 Å². The third-order valence-electron chi connectivity index (χ3n) is 3.96. The van der Waals surface area contributed by atoms with E-state index in [0.717, 1.165) is 13.0 Å². The highest BCUT2D eigenvalue weighted by Crippen LogP contribution is 2.42. The fourth-order valence-electron chi connectivity index (χ4n) is 2.79. The Morgan fingerprint density at radius 2 is 1.87 bits per heavy atom. The normalized spacial score (nSPS) is 11.0. The Balaban J connectivity index is 1.93. The van der Waals surface area contributed by atoms with Gasteiger partial charge in [0.1, 0.15) is 5.75 Å². The number of phenols is 1. The summed E-state index contributed by atoms with van der Waals surface area (Å²) < 4.78 is 3.59. The number of nitrogens with zero attached hydrogens (tertiary/aromatic N) is 3. The van der Waals surface area contributed by atoms with Gasteiger partial charge in [0, 0.05) is 36.6 Å². The predicted octanol–water partition coefficient (Wildman–Crippen LogP) is 2.87. The molecule has 3 rings (SSSR count). The monoisotopic (exact) mass is 313 g/mol. The van der Waals surface area contributed by atoms with Gasteiger partial charge in [-0.1, -0.05) is 12.1 Å². The first-order valence-corrected chi connectivity index (χ1v) is 7.44. The SMILES string of the molecule is Cc1c(O)c(O)n(CCCn2ccnc2)c1-c1ccccc1O. The van der Waals surface area contributed by atoms with Crippen LogP contribution in [0.3, 0.4) is 0 Å².